The van der Waals surface area contributed by atoms with Crippen LogP contribution in [0.4, 0.5) is 5.69 Å². The first-order valence-electron chi connectivity index (χ1n) is 8.21. The Morgan fingerprint density at radius 3 is 2.36 bits per heavy atom. The molecule has 0 saturated heterocycles. The van der Waals surface area contributed by atoms with E-state index in [1.54, 1.807) is 0 Å². The molecule has 0 unspecified atom stereocenters. The van der Waals surface area contributed by atoms with Crippen molar-refractivity contribution in [3.63, 3.8) is 0 Å². The van der Waals surface area contributed by atoms with Crippen molar-refractivity contribution < 1.29 is 13.2 Å². The molecule has 2 rings (SSSR count). The topological polar surface area (TPSA) is 63.2 Å². The van der Waals surface area contributed by atoms with E-state index < -0.39 is 15.7 Å². The molecule has 0 heterocycles. The Bertz CT molecular complexity index is 845. The minimum Gasteiger partial charge on any atom is -0.322 e. The molecule has 4 nitrogen and oxygen atoms in total. The van der Waals surface area contributed by atoms with Gasteiger partial charge in [-0.25, -0.2) is 8.42 Å². The van der Waals surface area contributed by atoms with E-state index in [9.17, 15) is 13.2 Å². The maximum Gasteiger partial charge on any atom is 0.257 e. The van der Waals surface area contributed by atoms with Crippen molar-refractivity contribution >= 4 is 33.0 Å². The molecule has 0 atom stereocenters. The Kier molecular flexibility index (Phi) is 6.62. The zero-order valence-electron chi connectivity index (χ0n) is 14.4. The minimum absolute atomic E-state index is 0.0633. The van der Waals surface area contributed by atoms with E-state index in [4.69, 9.17) is 11.6 Å². The van der Waals surface area contributed by atoms with Gasteiger partial charge in [0.25, 0.3) is 5.91 Å². The lowest BCUT2D eigenvalue weighted by Gasteiger charge is -2.09. The van der Waals surface area contributed by atoms with E-state index in [1.165, 1.54) is 36.6 Å². The number of unbranched alkanes of at least 4 members (excludes halogenated alkanes) is 2. The van der Waals surface area contributed by atoms with Crippen LogP contribution in [0.2, 0.25) is 5.02 Å². The van der Waals surface area contributed by atoms with Crippen molar-refractivity contribution in [2.24, 2.45) is 0 Å². The van der Waals surface area contributed by atoms with Crippen LogP contribution >= 0.6 is 11.6 Å². The average Bonchev–Trinajstić information content (AvgIpc) is 2.56. The van der Waals surface area contributed by atoms with Gasteiger partial charge in [-0.2, -0.15) is 0 Å². The molecule has 0 aliphatic heterocycles. The van der Waals surface area contributed by atoms with E-state index in [-0.39, 0.29) is 15.5 Å². The van der Waals surface area contributed by atoms with Crippen molar-refractivity contribution in [2.75, 3.05) is 11.6 Å². The van der Waals surface area contributed by atoms with Crippen LogP contribution in [-0.4, -0.2) is 20.6 Å². The molecule has 0 saturated carbocycles. The average molecular weight is 380 g/mol. The fourth-order valence-corrected chi connectivity index (χ4v) is 3.29. The number of rotatable bonds is 7. The molecule has 2 aromatic rings. The maximum atomic E-state index is 12.4. The zero-order chi connectivity index (χ0) is 18.4. The summed E-state index contributed by atoms with van der Waals surface area (Å²) in [7, 11) is -3.40. The number of anilines is 1. The lowest BCUT2D eigenvalue weighted by atomic mass is 10.1. The molecule has 0 aliphatic carbocycles. The second-order valence-corrected chi connectivity index (χ2v) is 8.44. The van der Waals surface area contributed by atoms with Crippen LogP contribution in [0.25, 0.3) is 0 Å². The monoisotopic (exact) mass is 379 g/mol. The number of hydrogen-bond donors (Lipinski definition) is 1. The van der Waals surface area contributed by atoms with E-state index >= 15 is 0 Å². The number of aryl methyl sites for hydroxylation is 1. The molecule has 0 fully saturated rings. The molecule has 0 spiro atoms. The van der Waals surface area contributed by atoms with E-state index in [2.05, 4.69) is 12.2 Å². The first kappa shape index (κ1) is 19.5. The number of amides is 1. The summed E-state index contributed by atoms with van der Waals surface area (Å²) in [4.78, 5) is 12.5. The number of carbonyl (C=O) groups is 1. The van der Waals surface area contributed by atoms with Crippen molar-refractivity contribution in [3.05, 3.63) is 58.6 Å². The van der Waals surface area contributed by atoms with Crippen molar-refractivity contribution in [2.45, 2.75) is 37.5 Å². The van der Waals surface area contributed by atoms with Gasteiger partial charge in [0.05, 0.1) is 15.5 Å². The third-order valence-electron chi connectivity index (χ3n) is 3.89. The summed E-state index contributed by atoms with van der Waals surface area (Å²) < 4.78 is 23.3. The van der Waals surface area contributed by atoms with Gasteiger partial charge in [-0.3, -0.25) is 4.79 Å². The highest BCUT2D eigenvalue weighted by molar-refractivity contribution is 7.90. The maximum absolute atomic E-state index is 12.4. The van der Waals surface area contributed by atoms with Gasteiger partial charge in [0.1, 0.15) is 0 Å². The van der Waals surface area contributed by atoms with Gasteiger partial charge in [0, 0.05) is 11.9 Å². The Morgan fingerprint density at radius 1 is 1.08 bits per heavy atom. The van der Waals surface area contributed by atoms with Crippen molar-refractivity contribution in [1.82, 2.24) is 0 Å². The van der Waals surface area contributed by atoms with Gasteiger partial charge in [-0.1, -0.05) is 43.5 Å². The molecular formula is C19H22ClNO3S. The molecule has 0 aromatic heterocycles. The predicted octanol–water partition coefficient (Wildman–Crippen LogP) is 4.73. The van der Waals surface area contributed by atoms with Crippen molar-refractivity contribution in [1.29, 1.82) is 0 Å². The first-order chi connectivity index (χ1) is 11.8. The SMILES string of the molecule is CCCCCc1ccc(NC(=O)c2cc(S(C)(=O)=O)ccc2Cl)cc1. The zero-order valence-corrected chi connectivity index (χ0v) is 16.0. The highest BCUT2D eigenvalue weighted by Gasteiger charge is 2.15. The summed E-state index contributed by atoms with van der Waals surface area (Å²) in [5.41, 5.74) is 2.00. The summed E-state index contributed by atoms with van der Waals surface area (Å²) in [6.45, 7) is 2.17. The van der Waals surface area contributed by atoms with E-state index in [1.807, 2.05) is 24.3 Å². The molecule has 25 heavy (non-hydrogen) atoms. The standard InChI is InChI=1S/C19H22ClNO3S/c1-3-4-5-6-14-7-9-15(10-8-14)21-19(22)17-13-16(25(2,23)24)11-12-18(17)20/h7-13H,3-6H2,1-2H3,(H,21,22). The fourth-order valence-electron chi connectivity index (χ4n) is 2.44. The molecule has 6 heteroatoms. The van der Waals surface area contributed by atoms with Gasteiger partial charge in [0.15, 0.2) is 9.84 Å². The van der Waals surface area contributed by atoms with Crippen LogP contribution in [-0.2, 0) is 16.3 Å². The van der Waals surface area contributed by atoms with E-state index in [0.717, 1.165) is 19.1 Å². The predicted molar refractivity (Wildman–Crippen MR) is 102 cm³/mol. The number of nitrogens with one attached hydrogen (secondary N) is 1. The molecule has 134 valence electrons. The quantitative estimate of drug-likeness (QED) is 0.707. The smallest absolute Gasteiger partial charge is 0.257 e. The lowest BCUT2D eigenvalue weighted by molar-refractivity contribution is 0.102. The second-order valence-electron chi connectivity index (χ2n) is 6.02. The molecule has 1 amide bonds. The Hall–Kier alpha value is -1.85. The Morgan fingerprint density at radius 2 is 1.76 bits per heavy atom. The fraction of sp³-hybridized carbons (Fsp3) is 0.316. The Balaban J connectivity index is 2.12. The van der Waals surface area contributed by atoms with Gasteiger partial charge < -0.3 is 5.32 Å². The van der Waals surface area contributed by atoms with E-state index in [0.29, 0.717) is 5.69 Å². The molecule has 2 aromatic carbocycles. The molecule has 0 bridgehead atoms. The molecule has 1 N–H and O–H groups in total. The van der Waals surface area contributed by atoms with Crippen LogP contribution in [0.3, 0.4) is 0 Å². The summed E-state index contributed by atoms with van der Waals surface area (Å²) in [6, 6.07) is 11.8. The third-order valence-corrected chi connectivity index (χ3v) is 5.33. The normalized spacial score (nSPS) is 11.3. The Labute approximate surface area is 154 Å². The van der Waals surface area contributed by atoms with Crippen LogP contribution < -0.4 is 5.32 Å². The van der Waals surface area contributed by atoms with Crippen LogP contribution in [0, 0.1) is 0 Å². The molecule has 0 radical (unpaired) electrons. The second kappa shape index (κ2) is 8.50. The first-order valence-corrected chi connectivity index (χ1v) is 10.5. The summed E-state index contributed by atoms with van der Waals surface area (Å²) in [5, 5.41) is 2.96. The molecule has 0 aliphatic rings. The van der Waals surface area contributed by atoms with Crippen LogP contribution in [0.1, 0.15) is 42.1 Å². The number of hydrogen-bond acceptors (Lipinski definition) is 3. The highest BCUT2D eigenvalue weighted by Crippen LogP contribution is 2.22. The summed E-state index contributed by atoms with van der Waals surface area (Å²) in [6.07, 6.45) is 5.64. The third kappa shape index (κ3) is 5.58. The van der Waals surface area contributed by atoms with Crippen LogP contribution in [0.15, 0.2) is 47.4 Å². The van der Waals surface area contributed by atoms with Crippen LogP contribution in [0.5, 0.6) is 0 Å². The molecular weight excluding hydrogens is 358 g/mol. The van der Waals surface area contributed by atoms with Gasteiger partial charge in [-0.05, 0) is 48.7 Å². The largest absolute Gasteiger partial charge is 0.322 e. The number of halogens is 1. The number of carbonyl (C=O) groups excluding carboxylic acids is 1. The number of sulfone groups is 1. The van der Waals surface area contributed by atoms with Gasteiger partial charge >= 0.3 is 0 Å². The van der Waals surface area contributed by atoms with Gasteiger partial charge in [-0.15, -0.1) is 0 Å². The summed E-state index contributed by atoms with van der Waals surface area (Å²) in [5.74, 6) is -0.436. The highest BCUT2D eigenvalue weighted by atomic mass is 35.5. The lowest BCUT2D eigenvalue weighted by Crippen LogP contribution is -2.13. The van der Waals surface area contributed by atoms with Crippen molar-refractivity contribution in [3.8, 4) is 0 Å². The van der Waals surface area contributed by atoms with Gasteiger partial charge in [0.2, 0.25) is 0 Å². The number of benzene rings is 2. The summed E-state index contributed by atoms with van der Waals surface area (Å²) >= 11 is 6.05. The minimum atomic E-state index is -3.40.